The largest absolute Gasteiger partial charge is 0.322 e. The Morgan fingerprint density at radius 2 is 1.95 bits per heavy atom. The van der Waals surface area contributed by atoms with E-state index >= 15 is 0 Å². The summed E-state index contributed by atoms with van der Waals surface area (Å²) in [6.07, 6.45) is 0. The molecular formula is C16H23ClIN3. The number of hydrogen-bond donors (Lipinski definition) is 0. The van der Waals surface area contributed by atoms with Gasteiger partial charge in [-0.1, -0.05) is 13.8 Å². The van der Waals surface area contributed by atoms with Crippen LogP contribution in [0.4, 0.5) is 0 Å². The molecule has 21 heavy (non-hydrogen) atoms. The van der Waals surface area contributed by atoms with E-state index in [-0.39, 0.29) is 5.38 Å². The zero-order valence-corrected chi connectivity index (χ0v) is 16.2. The number of likely N-dealkylation sites (N-methyl/N-ethyl adjacent to an activating group) is 1. The molecule has 2 rings (SSSR count). The first-order chi connectivity index (χ1) is 9.81. The molecule has 0 spiro atoms. The molecule has 0 saturated heterocycles. The van der Waals surface area contributed by atoms with Crippen LogP contribution in [0.2, 0.25) is 0 Å². The molecule has 0 radical (unpaired) electrons. The number of nitrogens with zero attached hydrogens (tertiary/aromatic N) is 3. The van der Waals surface area contributed by atoms with E-state index in [1.807, 2.05) is 6.92 Å². The van der Waals surface area contributed by atoms with Crippen LogP contribution in [-0.2, 0) is 0 Å². The molecule has 0 aliphatic carbocycles. The minimum atomic E-state index is -0.0986. The molecule has 116 valence electrons. The second-order valence-corrected chi connectivity index (χ2v) is 8.06. The highest BCUT2D eigenvalue weighted by Crippen LogP contribution is 2.32. The molecule has 0 fully saturated rings. The van der Waals surface area contributed by atoms with E-state index in [0.29, 0.717) is 12.0 Å². The zero-order chi connectivity index (χ0) is 15.7. The summed E-state index contributed by atoms with van der Waals surface area (Å²) in [5.41, 5.74) is 2.22. The first-order valence-electron chi connectivity index (χ1n) is 7.27. The van der Waals surface area contributed by atoms with Gasteiger partial charge in [-0.2, -0.15) is 0 Å². The highest BCUT2D eigenvalue weighted by Gasteiger charge is 2.24. The fourth-order valence-electron chi connectivity index (χ4n) is 2.68. The highest BCUT2D eigenvalue weighted by molar-refractivity contribution is 14.1. The fourth-order valence-corrected chi connectivity index (χ4v) is 3.31. The maximum absolute atomic E-state index is 6.41. The molecule has 0 amide bonds. The quantitative estimate of drug-likeness (QED) is 0.517. The van der Waals surface area contributed by atoms with Crippen LogP contribution < -0.4 is 0 Å². The Morgan fingerprint density at radius 1 is 1.29 bits per heavy atom. The Morgan fingerprint density at radius 3 is 2.48 bits per heavy atom. The Bertz CT molecular complexity index is 619. The standard InChI is InChI=1S/C16H23ClIN3/c1-10(2)15(9-20(4)5)21-14-7-6-12(18)8-13(14)19-16(21)11(3)17/h6-8,10-11,15H,9H2,1-5H3. The van der Waals surface area contributed by atoms with Gasteiger partial charge < -0.3 is 9.47 Å². The normalized spacial score (nSPS) is 15.1. The van der Waals surface area contributed by atoms with Crippen molar-refractivity contribution in [3.63, 3.8) is 0 Å². The summed E-state index contributed by atoms with van der Waals surface area (Å²) >= 11 is 8.73. The van der Waals surface area contributed by atoms with Crippen LogP contribution in [0.15, 0.2) is 18.2 Å². The number of halogens is 2. The third kappa shape index (κ3) is 3.71. The number of imidazole rings is 1. The topological polar surface area (TPSA) is 21.1 Å². The lowest BCUT2D eigenvalue weighted by Crippen LogP contribution is -2.29. The van der Waals surface area contributed by atoms with Crippen LogP contribution in [0.25, 0.3) is 11.0 Å². The van der Waals surface area contributed by atoms with Crippen molar-refractivity contribution in [3.8, 4) is 0 Å². The Balaban J connectivity index is 2.65. The van der Waals surface area contributed by atoms with E-state index in [0.717, 1.165) is 17.9 Å². The average molecular weight is 420 g/mol. The zero-order valence-electron chi connectivity index (χ0n) is 13.3. The summed E-state index contributed by atoms with van der Waals surface area (Å²) in [6.45, 7) is 7.49. The van der Waals surface area contributed by atoms with Crippen molar-refractivity contribution >= 4 is 45.2 Å². The van der Waals surface area contributed by atoms with Crippen LogP contribution >= 0.6 is 34.2 Å². The number of fused-ring (bicyclic) bond motifs is 1. The van der Waals surface area contributed by atoms with Gasteiger partial charge in [0.25, 0.3) is 0 Å². The summed E-state index contributed by atoms with van der Waals surface area (Å²) in [5.74, 6) is 1.48. The van der Waals surface area contributed by atoms with Crippen molar-refractivity contribution in [2.24, 2.45) is 5.92 Å². The fraction of sp³-hybridized carbons (Fsp3) is 0.562. The molecule has 0 N–H and O–H groups in total. The molecular weight excluding hydrogens is 397 g/mol. The second kappa shape index (κ2) is 6.84. The van der Waals surface area contributed by atoms with Crippen molar-refractivity contribution < 1.29 is 0 Å². The van der Waals surface area contributed by atoms with Gasteiger partial charge >= 0.3 is 0 Å². The summed E-state index contributed by atoms with van der Waals surface area (Å²) in [5, 5.41) is -0.0986. The number of hydrogen-bond acceptors (Lipinski definition) is 2. The SMILES string of the molecule is CC(Cl)c1nc2cc(I)ccc2n1C(CN(C)C)C(C)C. The van der Waals surface area contributed by atoms with Crippen molar-refractivity contribution in [1.82, 2.24) is 14.5 Å². The summed E-state index contributed by atoms with van der Waals surface area (Å²) < 4.78 is 3.54. The van der Waals surface area contributed by atoms with Crippen LogP contribution in [0, 0.1) is 9.49 Å². The van der Waals surface area contributed by atoms with E-state index in [1.165, 1.54) is 9.09 Å². The van der Waals surface area contributed by atoms with Gasteiger partial charge in [-0.05, 0) is 67.7 Å². The minimum Gasteiger partial charge on any atom is -0.322 e. The summed E-state index contributed by atoms with van der Waals surface area (Å²) in [4.78, 5) is 7.02. The number of alkyl halides is 1. The van der Waals surface area contributed by atoms with Gasteiger partial charge in [-0.3, -0.25) is 0 Å². The van der Waals surface area contributed by atoms with E-state index in [9.17, 15) is 0 Å². The molecule has 2 unspecified atom stereocenters. The van der Waals surface area contributed by atoms with E-state index in [1.54, 1.807) is 0 Å². The van der Waals surface area contributed by atoms with Gasteiger partial charge in [0, 0.05) is 10.1 Å². The van der Waals surface area contributed by atoms with Gasteiger partial charge in [0.2, 0.25) is 0 Å². The number of rotatable bonds is 5. The van der Waals surface area contributed by atoms with E-state index in [4.69, 9.17) is 16.6 Å². The van der Waals surface area contributed by atoms with Crippen LogP contribution in [0.1, 0.15) is 38.0 Å². The molecule has 0 saturated carbocycles. The molecule has 3 nitrogen and oxygen atoms in total. The maximum atomic E-state index is 6.41. The van der Waals surface area contributed by atoms with Crippen molar-refractivity contribution in [2.75, 3.05) is 20.6 Å². The summed E-state index contributed by atoms with van der Waals surface area (Å²) in [7, 11) is 4.22. The minimum absolute atomic E-state index is 0.0986. The van der Waals surface area contributed by atoms with Crippen molar-refractivity contribution in [1.29, 1.82) is 0 Å². The van der Waals surface area contributed by atoms with Gasteiger partial charge in [0.15, 0.2) is 0 Å². The van der Waals surface area contributed by atoms with Crippen LogP contribution in [0.3, 0.4) is 0 Å². The van der Waals surface area contributed by atoms with Gasteiger partial charge in [-0.25, -0.2) is 4.98 Å². The van der Waals surface area contributed by atoms with E-state index in [2.05, 4.69) is 78.2 Å². The lowest BCUT2D eigenvalue weighted by Gasteiger charge is -2.28. The third-order valence-corrected chi connectivity index (χ3v) is 4.55. The van der Waals surface area contributed by atoms with Crippen molar-refractivity contribution in [2.45, 2.75) is 32.2 Å². The Labute approximate surface area is 145 Å². The molecule has 0 bridgehead atoms. The summed E-state index contributed by atoms with van der Waals surface area (Å²) in [6, 6.07) is 6.79. The van der Waals surface area contributed by atoms with Gasteiger partial charge in [-0.15, -0.1) is 11.6 Å². The monoisotopic (exact) mass is 419 g/mol. The third-order valence-electron chi connectivity index (χ3n) is 3.69. The lowest BCUT2D eigenvalue weighted by atomic mass is 10.0. The molecule has 5 heteroatoms. The number of aromatic nitrogens is 2. The molecule has 2 atom stereocenters. The predicted molar refractivity (Wildman–Crippen MR) is 99.1 cm³/mol. The molecule has 0 aliphatic heterocycles. The van der Waals surface area contributed by atoms with Crippen LogP contribution in [-0.4, -0.2) is 35.1 Å². The maximum Gasteiger partial charge on any atom is 0.128 e. The van der Waals surface area contributed by atoms with Gasteiger partial charge in [0.1, 0.15) is 5.82 Å². The second-order valence-electron chi connectivity index (χ2n) is 6.16. The molecule has 0 aliphatic rings. The molecule has 1 aromatic carbocycles. The van der Waals surface area contributed by atoms with E-state index < -0.39 is 0 Å². The lowest BCUT2D eigenvalue weighted by molar-refractivity contribution is 0.269. The Kier molecular flexibility index (Phi) is 5.54. The molecule has 1 heterocycles. The first kappa shape index (κ1) is 17.0. The Hall–Kier alpha value is -0.330. The first-order valence-corrected chi connectivity index (χ1v) is 8.79. The predicted octanol–water partition coefficient (Wildman–Crippen LogP) is 4.70. The van der Waals surface area contributed by atoms with Crippen molar-refractivity contribution in [3.05, 3.63) is 27.6 Å². The highest BCUT2D eigenvalue weighted by atomic mass is 127. The van der Waals surface area contributed by atoms with Gasteiger partial charge in [0.05, 0.1) is 22.5 Å². The average Bonchev–Trinajstić information content (AvgIpc) is 2.73. The smallest absolute Gasteiger partial charge is 0.128 e. The molecule has 1 aromatic heterocycles. The van der Waals surface area contributed by atoms with Crippen LogP contribution in [0.5, 0.6) is 0 Å². The number of benzene rings is 1. The molecule has 2 aromatic rings.